The van der Waals surface area contributed by atoms with Crippen molar-refractivity contribution in [3.63, 3.8) is 0 Å². The molecular formula is C29H34FN3O4S. The molecular weight excluding hydrogens is 505 g/mol. The quantitative estimate of drug-likeness (QED) is 0.429. The number of carbonyl (C=O) groups is 2. The number of sulfonamides is 1. The van der Waals surface area contributed by atoms with E-state index < -0.39 is 39.9 Å². The monoisotopic (exact) mass is 539 g/mol. The number of aryl methyl sites for hydroxylation is 1. The third kappa shape index (κ3) is 7.19. The zero-order chi connectivity index (χ0) is 28.1. The van der Waals surface area contributed by atoms with Gasteiger partial charge in [0.05, 0.1) is 10.6 Å². The Balaban J connectivity index is 2.04. The average molecular weight is 540 g/mol. The number of amides is 2. The van der Waals surface area contributed by atoms with Crippen molar-refractivity contribution in [1.82, 2.24) is 10.2 Å². The summed E-state index contributed by atoms with van der Waals surface area (Å²) in [4.78, 5) is 28.1. The smallest absolute Gasteiger partial charge is 0.264 e. The number of halogens is 1. The van der Waals surface area contributed by atoms with E-state index >= 15 is 0 Å². The van der Waals surface area contributed by atoms with Crippen molar-refractivity contribution >= 4 is 27.5 Å². The van der Waals surface area contributed by atoms with E-state index in [1.807, 2.05) is 58.0 Å². The first-order chi connectivity index (χ1) is 17.8. The van der Waals surface area contributed by atoms with Crippen LogP contribution < -0.4 is 9.62 Å². The van der Waals surface area contributed by atoms with Gasteiger partial charge in [0, 0.05) is 12.1 Å². The van der Waals surface area contributed by atoms with Crippen LogP contribution in [-0.4, -0.2) is 43.3 Å². The van der Waals surface area contributed by atoms with Crippen molar-refractivity contribution in [1.29, 1.82) is 0 Å². The first kappa shape index (κ1) is 28.8. The zero-order valence-electron chi connectivity index (χ0n) is 22.3. The van der Waals surface area contributed by atoms with Gasteiger partial charge < -0.3 is 10.2 Å². The predicted molar refractivity (Wildman–Crippen MR) is 146 cm³/mol. The lowest BCUT2D eigenvalue weighted by Crippen LogP contribution is -2.54. The van der Waals surface area contributed by atoms with Gasteiger partial charge in [0.2, 0.25) is 11.8 Å². The number of hydrogen-bond donors (Lipinski definition) is 1. The molecule has 9 heteroatoms. The topological polar surface area (TPSA) is 86.8 Å². The standard InChI is InChI=1S/C29H34FN3O4S/c1-21-15-17-24(18-16-21)38(36,37)33(26-14-10-9-13-25(26)30)20-27(34)32(19-23-11-7-6-8-12-23)22(2)28(35)31-29(3,4)5/h6-18,22H,19-20H2,1-5H3,(H,31,35)/t22-/m1/s1. The van der Waals surface area contributed by atoms with Gasteiger partial charge in [0.1, 0.15) is 18.4 Å². The molecule has 0 aromatic heterocycles. The van der Waals surface area contributed by atoms with Crippen LogP contribution in [0.4, 0.5) is 10.1 Å². The fraction of sp³-hybridized carbons (Fsp3) is 0.310. The van der Waals surface area contributed by atoms with Gasteiger partial charge in [0.15, 0.2) is 0 Å². The number of hydrogen-bond acceptors (Lipinski definition) is 4. The predicted octanol–water partition coefficient (Wildman–Crippen LogP) is 4.66. The number of nitrogens with one attached hydrogen (secondary N) is 1. The molecule has 1 N–H and O–H groups in total. The second kappa shape index (κ2) is 11.8. The number of benzene rings is 3. The Bertz CT molecular complexity index is 1370. The van der Waals surface area contributed by atoms with Crippen molar-refractivity contribution in [2.75, 3.05) is 10.8 Å². The summed E-state index contributed by atoms with van der Waals surface area (Å²) in [6.07, 6.45) is 0. The Morgan fingerprint density at radius 3 is 2.08 bits per heavy atom. The number of rotatable bonds is 9. The first-order valence-electron chi connectivity index (χ1n) is 12.3. The number of para-hydroxylation sites is 1. The van der Waals surface area contributed by atoms with Crippen molar-refractivity contribution in [3.05, 3.63) is 95.8 Å². The van der Waals surface area contributed by atoms with Crippen molar-refractivity contribution in [3.8, 4) is 0 Å². The van der Waals surface area contributed by atoms with Crippen LogP contribution in [-0.2, 0) is 26.2 Å². The molecule has 0 aliphatic carbocycles. The van der Waals surface area contributed by atoms with E-state index in [0.717, 1.165) is 21.5 Å². The van der Waals surface area contributed by atoms with Crippen LogP contribution >= 0.6 is 0 Å². The summed E-state index contributed by atoms with van der Waals surface area (Å²) in [5.74, 6) is -1.82. The molecule has 0 heterocycles. The summed E-state index contributed by atoms with van der Waals surface area (Å²) in [5.41, 5.74) is 0.814. The Morgan fingerprint density at radius 2 is 1.50 bits per heavy atom. The summed E-state index contributed by atoms with van der Waals surface area (Å²) >= 11 is 0. The summed E-state index contributed by atoms with van der Waals surface area (Å²) in [7, 11) is -4.32. The van der Waals surface area contributed by atoms with Crippen LogP contribution in [0.3, 0.4) is 0 Å². The molecule has 2 amide bonds. The molecule has 0 saturated carbocycles. The molecule has 0 aliphatic rings. The molecule has 0 aliphatic heterocycles. The summed E-state index contributed by atoms with van der Waals surface area (Å²) in [5, 5.41) is 2.87. The van der Waals surface area contributed by atoms with Crippen LogP contribution in [0.5, 0.6) is 0 Å². The molecule has 3 aromatic rings. The fourth-order valence-electron chi connectivity index (χ4n) is 3.84. The van der Waals surface area contributed by atoms with Gasteiger partial charge in [-0.2, -0.15) is 0 Å². The van der Waals surface area contributed by atoms with Gasteiger partial charge in [-0.05, 0) is 64.4 Å². The molecule has 38 heavy (non-hydrogen) atoms. The molecule has 3 aromatic carbocycles. The molecule has 0 unspecified atom stereocenters. The van der Waals surface area contributed by atoms with Gasteiger partial charge >= 0.3 is 0 Å². The highest BCUT2D eigenvalue weighted by Gasteiger charge is 2.34. The molecule has 0 spiro atoms. The second-order valence-electron chi connectivity index (χ2n) is 10.2. The molecule has 0 fully saturated rings. The number of carbonyl (C=O) groups excluding carboxylic acids is 2. The van der Waals surface area contributed by atoms with Crippen LogP contribution in [0, 0.1) is 12.7 Å². The SMILES string of the molecule is Cc1ccc(S(=O)(=O)N(CC(=O)N(Cc2ccccc2)[C@H](C)C(=O)NC(C)(C)C)c2ccccc2F)cc1. The third-order valence-electron chi connectivity index (χ3n) is 5.87. The minimum Gasteiger partial charge on any atom is -0.350 e. The fourth-order valence-corrected chi connectivity index (χ4v) is 5.26. The third-order valence-corrected chi connectivity index (χ3v) is 7.64. The lowest BCUT2D eigenvalue weighted by atomic mass is 10.1. The Labute approximate surface area is 224 Å². The lowest BCUT2D eigenvalue weighted by molar-refractivity contribution is -0.140. The molecule has 0 radical (unpaired) electrons. The van der Waals surface area contributed by atoms with E-state index in [9.17, 15) is 22.4 Å². The minimum absolute atomic E-state index is 0.0636. The molecule has 3 rings (SSSR count). The van der Waals surface area contributed by atoms with Crippen molar-refractivity contribution < 1.29 is 22.4 Å². The van der Waals surface area contributed by atoms with Crippen LogP contribution in [0.15, 0.2) is 83.8 Å². The highest BCUT2D eigenvalue weighted by Crippen LogP contribution is 2.27. The zero-order valence-corrected chi connectivity index (χ0v) is 23.1. The maximum absolute atomic E-state index is 14.9. The van der Waals surface area contributed by atoms with E-state index in [-0.39, 0.29) is 23.0 Å². The first-order valence-corrected chi connectivity index (χ1v) is 13.7. The van der Waals surface area contributed by atoms with Gasteiger partial charge in [-0.25, -0.2) is 12.8 Å². The van der Waals surface area contributed by atoms with E-state index in [1.165, 1.54) is 35.2 Å². The average Bonchev–Trinajstić information content (AvgIpc) is 2.85. The molecule has 202 valence electrons. The highest BCUT2D eigenvalue weighted by atomic mass is 32.2. The summed E-state index contributed by atoms with van der Waals surface area (Å²) < 4.78 is 43.1. The van der Waals surface area contributed by atoms with E-state index in [0.29, 0.717) is 0 Å². The normalized spacial score (nSPS) is 12.5. The van der Waals surface area contributed by atoms with Crippen molar-refractivity contribution in [2.24, 2.45) is 0 Å². The van der Waals surface area contributed by atoms with Gasteiger partial charge in [-0.3, -0.25) is 13.9 Å². The molecule has 0 saturated heterocycles. The lowest BCUT2D eigenvalue weighted by Gasteiger charge is -2.33. The molecule has 7 nitrogen and oxygen atoms in total. The molecule has 1 atom stereocenters. The van der Waals surface area contributed by atoms with Crippen LogP contribution in [0.2, 0.25) is 0 Å². The van der Waals surface area contributed by atoms with Crippen molar-refractivity contribution in [2.45, 2.75) is 57.6 Å². The maximum atomic E-state index is 14.9. The molecule has 0 bridgehead atoms. The summed E-state index contributed by atoms with van der Waals surface area (Å²) in [6.45, 7) is 8.26. The second-order valence-corrected chi connectivity index (χ2v) is 12.1. The summed E-state index contributed by atoms with van der Waals surface area (Å²) in [6, 6.07) is 19.7. The van der Waals surface area contributed by atoms with Crippen LogP contribution in [0.25, 0.3) is 0 Å². The van der Waals surface area contributed by atoms with Crippen LogP contribution in [0.1, 0.15) is 38.8 Å². The van der Waals surface area contributed by atoms with E-state index in [2.05, 4.69) is 5.32 Å². The van der Waals surface area contributed by atoms with E-state index in [4.69, 9.17) is 0 Å². The Morgan fingerprint density at radius 1 is 0.921 bits per heavy atom. The van der Waals surface area contributed by atoms with E-state index in [1.54, 1.807) is 19.1 Å². The van der Waals surface area contributed by atoms with Gasteiger partial charge in [0.25, 0.3) is 10.0 Å². The Kier molecular flexibility index (Phi) is 8.93. The number of nitrogens with zero attached hydrogens (tertiary/aromatic N) is 2. The van der Waals surface area contributed by atoms with Gasteiger partial charge in [-0.15, -0.1) is 0 Å². The maximum Gasteiger partial charge on any atom is 0.264 e. The Hall–Kier alpha value is -3.72. The highest BCUT2D eigenvalue weighted by molar-refractivity contribution is 7.92. The largest absolute Gasteiger partial charge is 0.350 e. The van der Waals surface area contributed by atoms with Gasteiger partial charge in [-0.1, -0.05) is 60.2 Å². The minimum atomic E-state index is -4.32. The number of anilines is 1.